The van der Waals surface area contributed by atoms with Gasteiger partial charge in [-0.25, -0.2) is 9.97 Å². The zero-order chi connectivity index (χ0) is 25.6. The lowest BCUT2D eigenvalue weighted by atomic mass is 9.97. The summed E-state index contributed by atoms with van der Waals surface area (Å²) >= 11 is 0. The van der Waals surface area contributed by atoms with Crippen molar-refractivity contribution in [3.8, 4) is 0 Å². The molecule has 0 saturated heterocycles. The Morgan fingerprint density at radius 3 is 1.92 bits per heavy atom. The standard InChI is InChI=1S/C33H36N4/c1-7-21-16(3)25-13-27-18(5)23-11-9-10-20-12-24-19(6)28(37-33(24)31(20)32(23)36-27)15-30-22(8-2)17(4)26(35-30)14-29(21)34-25/h13-15,20,34-35H,7-12H2,1-6H3. The van der Waals surface area contributed by atoms with E-state index >= 15 is 0 Å². The average Bonchev–Trinajstić information content (AvgIpc) is 3.59. The lowest BCUT2D eigenvalue weighted by Crippen LogP contribution is -1.95. The molecule has 37 heavy (non-hydrogen) atoms. The van der Waals surface area contributed by atoms with E-state index in [2.05, 4.69) is 69.7 Å². The molecule has 1 atom stereocenters. The second-order valence-electron chi connectivity index (χ2n) is 11.4. The Labute approximate surface area is 219 Å². The number of rotatable bonds is 2. The number of aromatic amines is 2. The number of aromatic nitrogens is 4. The number of fused-ring (bicyclic) bond motifs is 6. The van der Waals surface area contributed by atoms with Crippen LogP contribution in [-0.4, -0.2) is 19.9 Å². The fraction of sp³-hybridized carbons (Fsp3) is 0.394. The molecule has 0 fully saturated rings. The van der Waals surface area contributed by atoms with E-state index in [0.29, 0.717) is 5.92 Å². The van der Waals surface area contributed by atoms with Crippen molar-refractivity contribution >= 4 is 44.4 Å². The van der Waals surface area contributed by atoms with Crippen LogP contribution in [0.1, 0.15) is 110 Å². The third kappa shape index (κ3) is 3.14. The number of nitrogens with zero attached hydrogens (tertiary/aromatic N) is 2. The fourth-order valence-corrected chi connectivity index (χ4v) is 7.33. The predicted molar refractivity (Wildman–Crippen MR) is 155 cm³/mol. The van der Waals surface area contributed by atoms with Gasteiger partial charge in [-0.2, -0.15) is 0 Å². The van der Waals surface area contributed by atoms with E-state index in [0.717, 1.165) is 37.1 Å². The normalized spacial score (nSPS) is 18.4. The van der Waals surface area contributed by atoms with Crippen LogP contribution in [0.15, 0.2) is 18.2 Å². The third-order valence-corrected chi connectivity index (χ3v) is 9.52. The summed E-state index contributed by atoms with van der Waals surface area (Å²) in [4.78, 5) is 18.2. The monoisotopic (exact) mass is 488 g/mol. The number of allylic oxidation sites excluding steroid dienone is 4. The molecule has 2 N–H and O–H groups in total. The maximum Gasteiger partial charge on any atom is 0.0729 e. The van der Waals surface area contributed by atoms with Crippen LogP contribution in [0.4, 0.5) is 0 Å². The van der Waals surface area contributed by atoms with Crippen molar-refractivity contribution in [2.24, 2.45) is 0 Å². The van der Waals surface area contributed by atoms with Crippen molar-refractivity contribution in [2.45, 2.75) is 86.0 Å². The van der Waals surface area contributed by atoms with E-state index in [4.69, 9.17) is 9.97 Å². The Morgan fingerprint density at radius 1 is 0.730 bits per heavy atom. The zero-order valence-corrected chi connectivity index (χ0v) is 22.9. The van der Waals surface area contributed by atoms with Crippen LogP contribution in [0.3, 0.4) is 0 Å². The van der Waals surface area contributed by atoms with E-state index in [9.17, 15) is 0 Å². The Morgan fingerprint density at radius 2 is 1.27 bits per heavy atom. The molecule has 3 aromatic heterocycles. The minimum absolute atomic E-state index is 0.540. The van der Waals surface area contributed by atoms with Gasteiger partial charge in [0.05, 0.1) is 22.8 Å². The van der Waals surface area contributed by atoms with Gasteiger partial charge in [0.15, 0.2) is 0 Å². The summed E-state index contributed by atoms with van der Waals surface area (Å²) in [7, 11) is 0. The minimum atomic E-state index is 0.540. The molecule has 8 bridgehead atoms. The van der Waals surface area contributed by atoms with Gasteiger partial charge in [-0.15, -0.1) is 0 Å². The molecule has 0 spiro atoms. The molecule has 188 valence electrons. The molecular weight excluding hydrogens is 452 g/mol. The first-order valence-electron chi connectivity index (χ1n) is 14.1. The third-order valence-electron chi connectivity index (χ3n) is 9.52. The molecule has 2 aliphatic carbocycles. The Balaban J connectivity index is 1.69. The zero-order valence-electron chi connectivity index (χ0n) is 22.9. The molecule has 5 heterocycles. The molecule has 0 aromatic carbocycles. The Hall–Kier alpha value is -3.40. The van der Waals surface area contributed by atoms with Crippen LogP contribution in [0.25, 0.3) is 44.4 Å². The van der Waals surface area contributed by atoms with E-state index in [1.54, 1.807) is 0 Å². The number of hydrogen-bond donors (Lipinski definition) is 2. The summed E-state index contributed by atoms with van der Waals surface area (Å²) in [6.07, 6.45) is 6.65. The molecule has 4 nitrogen and oxygen atoms in total. The molecule has 0 amide bonds. The molecule has 4 heteroatoms. The molecule has 2 aliphatic heterocycles. The van der Waals surface area contributed by atoms with Gasteiger partial charge in [0.2, 0.25) is 0 Å². The van der Waals surface area contributed by atoms with Gasteiger partial charge in [0.1, 0.15) is 0 Å². The van der Waals surface area contributed by atoms with Crippen molar-refractivity contribution in [1.82, 2.24) is 19.9 Å². The summed E-state index contributed by atoms with van der Waals surface area (Å²) in [6, 6.07) is 6.90. The Kier molecular flexibility index (Phi) is 4.95. The van der Waals surface area contributed by atoms with Crippen LogP contribution >= 0.6 is 0 Å². The average molecular weight is 489 g/mol. The largest absolute Gasteiger partial charge is 0.355 e. The summed E-state index contributed by atoms with van der Waals surface area (Å²) in [5, 5.41) is 0. The van der Waals surface area contributed by atoms with Crippen molar-refractivity contribution in [2.75, 3.05) is 0 Å². The summed E-state index contributed by atoms with van der Waals surface area (Å²) in [5.41, 5.74) is 21.8. The second kappa shape index (κ2) is 8.05. The molecule has 3 aromatic rings. The van der Waals surface area contributed by atoms with E-state index in [1.165, 1.54) is 96.4 Å². The summed E-state index contributed by atoms with van der Waals surface area (Å²) in [5.74, 6) is 0.540. The predicted octanol–water partition coefficient (Wildman–Crippen LogP) is 8.59. The van der Waals surface area contributed by atoms with Gasteiger partial charge in [0, 0.05) is 27.6 Å². The molecular formula is C33H36N4. The highest BCUT2D eigenvalue weighted by atomic mass is 14.8. The number of aryl methyl sites for hydroxylation is 4. The smallest absolute Gasteiger partial charge is 0.0729 e. The SMILES string of the molecule is CCc1c(C)c2cc3[nH]c(cc4nc5c6c7nc(cc1[nH]2)C(C)=C7CC6CCCC5=C4C)c(C)c3CC. The number of hydrogen-bond acceptors (Lipinski definition) is 2. The molecule has 0 radical (unpaired) electrons. The van der Waals surface area contributed by atoms with Crippen molar-refractivity contribution in [1.29, 1.82) is 0 Å². The topological polar surface area (TPSA) is 57.4 Å². The first kappa shape index (κ1) is 22.8. The van der Waals surface area contributed by atoms with E-state index in [1.807, 2.05) is 0 Å². The quantitative estimate of drug-likeness (QED) is 0.379. The van der Waals surface area contributed by atoms with Gasteiger partial charge in [-0.1, -0.05) is 13.8 Å². The van der Waals surface area contributed by atoms with Crippen LogP contribution in [-0.2, 0) is 12.8 Å². The molecule has 0 saturated carbocycles. The highest BCUT2D eigenvalue weighted by Crippen LogP contribution is 2.53. The van der Waals surface area contributed by atoms with Crippen molar-refractivity contribution < 1.29 is 0 Å². The first-order chi connectivity index (χ1) is 17.9. The van der Waals surface area contributed by atoms with Crippen LogP contribution in [0.2, 0.25) is 0 Å². The molecule has 1 unspecified atom stereocenters. The van der Waals surface area contributed by atoms with Crippen molar-refractivity contribution in [3.05, 3.63) is 68.8 Å². The van der Waals surface area contributed by atoms with Gasteiger partial charge in [0.25, 0.3) is 0 Å². The lowest BCUT2D eigenvalue weighted by molar-refractivity contribution is 0.636. The van der Waals surface area contributed by atoms with E-state index in [-0.39, 0.29) is 0 Å². The van der Waals surface area contributed by atoms with Gasteiger partial charge in [-0.05, 0) is 135 Å². The second-order valence-corrected chi connectivity index (χ2v) is 11.4. The van der Waals surface area contributed by atoms with Crippen LogP contribution in [0, 0.1) is 13.8 Å². The van der Waals surface area contributed by atoms with E-state index < -0.39 is 0 Å². The van der Waals surface area contributed by atoms with Gasteiger partial charge in [-0.3, -0.25) is 0 Å². The molecule has 7 rings (SSSR count). The van der Waals surface area contributed by atoms with Crippen LogP contribution in [0.5, 0.6) is 0 Å². The summed E-state index contributed by atoms with van der Waals surface area (Å²) in [6.45, 7) is 13.5. The first-order valence-corrected chi connectivity index (χ1v) is 14.1. The maximum atomic E-state index is 5.35. The van der Waals surface area contributed by atoms with Gasteiger partial charge < -0.3 is 9.97 Å². The highest BCUT2D eigenvalue weighted by Gasteiger charge is 2.37. The fourth-order valence-electron chi connectivity index (χ4n) is 7.33. The highest BCUT2D eigenvalue weighted by molar-refractivity contribution is 5.99. The maximum absolute atomic E-state index is 5.35. The number of nitrogens with one attached hydrogen (secondary N) is 2. The Bertz CT molecular complexity index is 1740. The minimum Gasteiger partial charge on any atom is -0.355 e. The summed E-state index contributed by atoms with van der Waals surface area (Å²) < 4.78 is 0. The number of H-pyrrole nitrogens is 2. The van der Waals surface area contributed by atoms with Crippen molar-refractivity contribution in [3.63, 3.8) is 0 Å². The van der Waals surface area contributed by atoms with Gasteiger partial charge >= 0.3 is 0 Å². The van der Waals surface area contributed by atoms with Crippen LogP contribution < -0.4 is 0 Å². The molecule has 4 aliphatic rings. The lowest BCUT2D eigenvalue weighted by Gasteiger charge is -2.08.